The predicted octanol–water partition coefficient (Wildman–Crippen LogP) is 5.98. The quantitative estimate of drug-likeness (QED) is 0.649. The van der Waals surface area contributed by atoms with Gasteiger partial charge in [0.25, 0.3) is 0 Å². The maximum absolute atomic E-state index is 8.71. The van der Waals surface area contributed by atoms with E-state index in [1.165, 1.54) is 0 Å². The number of hydrogen-bond donors (Lipinski definition) is 0. The Morgan fingerprint density at radius 1 is 1.00 bits per heavy atom. The number of benzene rings is 1. The van der Waals surface area contributed by atoms with Crippen molar-refractivity contribution in [3.8, 4) is 17.2 Å². The predicted molar refractivity (Wildman–Crippen MR) is 87.1 cm³/mol. The van der Waals surface area contributed by atoms with Crippen LogP contribution >= 0.6 is 23.2 Å². The van der Waals surface area contributed by atoms with Gasteiger partial charge in [-0.3, -0.25) is 0 Å². The molecular weight excluding hydrogens is 291 g/mol. The molecule has 0 aliphatic heterocycles. The van der Waals surface area contributed by atoms with E-state index in [2.05, 4.69) is 4.98 Å². The van der Waals surface area contributed by atoms with Crippen LogP contribution < -0.4 is 0 Å². The summed E-state index contributed by atoms with van der Waals surface area (Å²) in [6, 6.07) is 11.0. The highest BCUT2D eigenvalue weighted by Gasteiger charge is 2.04. The molecule has 0 atom stereocenters. The first kappa shape index (κ1) is 18.4. The minimum Gasteiger partial charge on any atom is -0.243 e. The van der Waals surface area contributed by atoms with Crippen molar-refractivity contribution >= 4 is 23.2 Å². The fraction of sp³-hybridized carbons (Fsp3) is 0.250. The number of aromatic nitrogens is 1. The summed E-state index contributed by atoms with van der Waals surface area (Å²) in [6.45, 7) is 8.00. The van der Waals surface area contributed by atoms with Gasteiger partial charge in [-0.05, 0) is 23.8 Å². The van der Waals surface area contributed by atoms with Gasteiger partial charge in [0.2, 0.25) is 0 Å². The van der Waals surface area contributed by atoms with Crippen molar-refractivity contribution < 1.29 is 0 Å². The number of halogens is 2. The van der Waals surface area contributed by atoms with E-state index < -0.39 is 0 Å². The van der Waals surface area contributed by atoms with Gasteiger partial charge in [0.05, 0.1) is 5.02 Å². The second-order valence-corrected chi connectivity index (χ2v) is 4.02. The van der Waals surface area contributed by atoms with Gasteiger partial charge < -0.3 is 0 Å². The zero-order chi connectivity index (χ0) is 15.5. The van der Waals surface area contributed by atoms with E-state index in [0.29, 0.717) is 10.0 Å². The van der Waals surface area contributed by atoms with Crippen LogP contribution in [0, 0.1) is 11.3 Å². The van der Waals surface area contributed by atoms with Crippen LogP contribution in [0.4, 0.5) is 0 Å². The van der Waals surface area contributed by atoms with Crippen LogP contribution in [-0.4, -0.2) is 4.98 Å². The van der Waals surface area contributed by atoms with Crippen LogP contribution in [-0.2, 0) is 0 Å². The van der Waals surface area contributed by atoms with Gasteiger partial charge >= 0.3 is 0 Å². The van der Waals surface area contributed by atoms with E-state index in [-0.39, 0.29) is 5.69 Å². The average molecular weight is 309 g/mol. The Balaban J connectivity index is 0.000000829. The van der Waals surface area contributed by atoms with Crippen molar-refractivity contribution in [1.29, 1.82) is 5.26 Å². The zero-order valence-corrected chi connectivity index (χ0v) is 13.6. The van der Waals surface area contributed by atoms with Crippen LogP contribution in [0.5, 0.6) is 0 Å². The van der Waals surface area contributed by atoms with Gasteiger partial charge in [-0.1, -0.05) is 63.0 Å². The fourth-order valence-corrected chi connectivity index (χ4v) is 1.74. The summed E-state index contributed by atoms with van der Waals surface area (Å²) in [5, 5.41) is 9.70. The molecule has 0 unspecified atom stereocenters. The smallest absolute Gasteiger partial charge is 0.159 e. The van der Waals surface area contributed by atoms with Crippen molar-refractivity contribution in [3.63, 3.8) is 0 Å². The van der Waals surface area contributed by atoms with E-state index in [4.69, 9.17) is 28.5 Å². The Hall–Kier alpha value is -1.56. The van der Waals surface area contributed by atoms with Gasteiger partial charge in [-0.25, -0.2) is 4.98 Å². The molecule has 0 fully saturated rings. The minimum atomic E-state index is 0.229. The lowest BCUT2D eigenvalue weighted by Gasteiger charge is -2.02. The number of pyridine rings is 1. The average Bonchev–Trinajstić information content (AvgIpc) is 2.51. The molecule has 2 rings (SSSR count). The monoisotopic (exact) mass is 308 g/mol. The fourth-order valence-electron chi connectivity index (χ4n) is 1.35. The molecule has 20 heavy (non-hydrogen) atoms. The minimum absolute atomic E-state index is 0.229. The first-order chi connectivity index (χ1) is 9.70. The Kier molecular flexibility index (Phi) is 9.45. The number of nitrogens with zero attached hydrogens (tertiary/aromatic N) is 2. The van der Waals surface area contributed by atoms with Gasteiger partial charge in [0.15, 0.2) is 5.69 Å². The van der Waals surface area contributed by atoms with Crippen LogP contribution in [0.15, 0.2) is 36.5 Å². The molecule has 0 amide bonds. The highest BCUT2D eigenvalue weighted by molar-refractivity contribution is 6.32. The maximum atomic E-state index is 8.71. The molecule has 0 aliphatic carbocycles. The molecule has 4 heteroatoms. The summed E-state index contributed by atoms with van der Waals surface area (Å²) in [5.74, 6) is 0. The highest BCUT2D eigenvalue weighted by atomic mass is 35.5. The summed E-state index contributed by atoms with van der Waals surface area (Å²) in [6.07, 6.45) is 1.61. The van der Waals surface area contributed by atoms with Crippen LogP contribution in [0.1, 0.15) is 33.4 Å². The molecular formula is C16H18Cl2N2. The third-order valence-corrected chi connectivity index (χ3v) is 2.63. The van der Waals surface area contributed by atoms with E-state index in [1.54, 1.807) is 18.3 Å². The van der Waals surface area contributed by atoms with Gasteiger partial charge in [-0.15, -0.1) is 0 Å². The van der Waals surface area contributed by atoms with E-state index in [9.17, 15) is 0 Å². The molecule has 106 valence electrons. The molecule has 0 saturated heterocycles. The Labute approximate surface area is 131 Å². The lowest BCUT2D eigenvalue weighted by molar-refractivity contribution is 1.26. The standard InChI is InChI=1S/C12H6Cl2N2.2C2H6/c13-10-3-1-2-8(4-10)9-5-11(14)12(6-15)16-7-9;2*1-2/h1-5,7H;2*1-2H3. The first-order valence-corrected chi connectivity index (χ1v) is 7.28. The third-order valence-electron chi connectivity index (χ3n) is 2.11. The summed E-state index contributed by atoms with van der Waals surface area (Å²) < 4.78 is 0. The largest absolute Gasteiger partial charge is 0.243 e. The van der Waals surface area contributed by atoms with Crippen LogP contribution in [0.2, 0.25) is 10.0 Å². The molecule has 1 heterocycles. The molecule has 1 aromatic carbocycles. The second kappa shape index (κ2) is 10.3. The summed E-state index contributed by atoms with van der Waals surface area (Å²) in [4.78, 5) is 3.97. The SMILES string of the molecule is CC.CC.N#Cc1ncc(-c2cccc(Cl)c2)cc1Cl. The lowest BCUT2D eigenvalue weighted by atomic mass is 10.1. The highest BCUT2D eigenvalue weighted by Crippen LogP contribution is 2.25. The van der Waals surface area contributed by atoms with Crippen molar-refractivity contribution in [2.45, 2.75) is 27.7 Å². The maximum Gasteiger partial charge on any atom is 0.159 e. The van der Waals surface area contributed by atoms with E-state index in [1.807, 2.05) is 52.0 Å². The molecule has 0 saturated carbocycles. The summed E-state index contributed by atoms with van der Waals surface area (Å²) >= 11 is 11.8. The Bertz CT molecular complexity index is 575. The zero-order valence-electron chi connectivity index (χ0n) is 12.1. The number of hydrogen-bond acceptors (Lipinski definition) is 2. The molecule has 2 aromatic rings. The molecule has 0 N–H and O–H groups in total. The lowest BCUT2D eigenvalue weighted by Crippen LogP contribution is -1.86. The molecule has 0 bridgehead atoms. The molecule has 0 radical (unpaired) electrons. The van der Waals surface area contributed by atoms with Crippen molar-refractivity contribution in [2.24, 2.45) is 0 Å². The molecule has 0 spiro atoms. The topological polar surface area (TPSA) is 36.7 Å². The summed E-state index contributed by atoms with van der Waals surface area (Å²) in [5.41, 5.74) is 1.99. The first-order valence-electron chi connectivity index (χ1n) is 6.52. The molecule has 2 nitrogen and oxygen atoms in total. The Morgan fingerprint density at radius 3 is 2.15 bits per heavy atom. The molecule has 0 aliphatic rings. The van der Waals surface area contributed by atoms with Crippen LogP contribution in [0.25, 0.3) is 11.1 Å². The summed E-state index contributed by atoms with van der Waals surface area (Å²) in [7, 11) is 0. The van der Waals surface area contributed by atoms with Crippen molar-refractivity contribution in [1.82, 2.24) is 4.98 Å². The second-order valence-electron chi connectivity index (χ2n) is 3.18. The van der Waals surface area contributed by atoms with E-state index >= 15 is 0 Å². The van der Waals surface area contributed by atoms with Gasteiger partial charge in [0, 0.05) is 16.8 Å². The van der Waals surface area contributed by atoms with Crippen molar-refractivity contribution in [3.05, 3.63) is 52.3 Å². The number of rotatable bonds is 1. The number of nitriles is 1. The van der Waals surface area contributed by atoms with Crippen LogP contribution in [0.3, 0.4) is 0 Å². The third kappa shape index (κ3) is 5.21. The molecule has 1 aromatic heterocycles. The van der Waals surface area contributed by atoms with Crippen molar-refractivity contribution in [2.75, 3.05) is 0 Å². The Morgan fingerprint density at radius 2 is 1.65 bits per heavy atom. The normalized spacial score (nSPS) is 8.45. The van der Waals surface area contributed by atoms with Gasteiger partial charge in [0.1, 0.15) is 6.07 Å². The van der Waals surface area contributed by atoms with E-state index in [0.717, 1.165) is 11.1 Å². The van der Waals surface area contributed by atoms with Gasteiger partial charge in [-0.2, -0.15) is 5.26 Å².